The fourth-order valence-electron chi connectivity index (χ4n) is 1.93. The molecule has 0 heterocycles. The van der Waals surface area contributed by atoms with E-state index >= 15 is 0 Å². The van der Waals surface area contributed by atoms with Gasteiger partial charge in [0.2, 0.25) is 0 Å². The minimum absolute atomic E-state index is 0.156. The third kappa shape index (κ3) is 6.53. The number of thiocarbonyl (C=S) groups is 1. The number of rotatable bonds is 5. The quantitative estimate of drug-likeness (QED) is 0.685. The highest BCUT2D eigenvalue weighted by atomic mass is 35.5. The van der Waals surface area contributed by atoms with E-state index in [4.69, 9.17) is 40.2 Å². The van der Waals surface area contributed by atoms with Crippen molar-refractivity contribution in [3.8, 4) is 5.75 Å². The van der Waals surface area contributed by atoms with Crippen molar-refractivity contribution < 1.29 is 9.53 Å². The van der Waals surface area contributed by atoms with Gasteiger partial charge in [-0.25, -0.2) is 0 Å². The van der Waals surface area contributed by atoms with Crippen molar-refractivity contribution in [2.45, 2.75) is 13.8 Å². The third-order valence-electron chi connectivity index (χ3n) is 3.05. The van der Waals surface area contributed by atoms with Crippen molar-refractivity contribution in [2.75, 3.05) is 11.9 Å². The maximum Gasteiger partial charge on any atom is 0.257 e. The molecule has 0 radical (unpaired) electrons. The predicted molar refractivity (Wildman–Crippen MR) is 107 cm³/mol. The summed E-state index contributed by atoms with van der Waals surface area (Å²) in [6, 6.07) is 11.8. The normalized spacial score (nSPS) is 10.4. The number of ether oxygens (including phenoxy) is 1. The summed E-state index contributed by atoms with van der Waals surface area (Å²) in [4.78, 5) is 12.2. The van der Waals surface area contributed by atoms with Gasteiger partial charge in [0.25, 0.3) is 5.91 Å². The maximum absolute atomic E-state index is 12.2. The first-order valence-electron chi connectivity index (χ1n) is 7.65. The molecule has 1 amide bonds. The first-order valence-corrected chi connectivity index (χ1v) is 8.81. The Balaban J connectivity index is 1.93. The second-order valence-corrected chi connectivity index (χ2v) is 7.08. The zero-order chi connectivity index (χ0) is 18.4. The van der Waals surface area contributed by atoms with Crippen LogP contribution < -0.4 is 15.4 Å². The molecular formula is C18H18Cl2N2O2S. The molecule has 0 spiro atoms. The number of anilines is 1. The highest BCUT2D eigenvalue weighted by Gasteiger charge is 2.09. The van der Waals surface area contributed by atoms with Gasteiger partial charge in [0.05, 0.1) is 6.61 Å². The van der Waals surface area contributed by atoms with Crippen LogP contribution in [0.4, 0.5) is 5.69 Å². The Kier molecular flexibility index (Phi) is 7.05. The molecule has 0 aliphatic heterocycles. The average Bonchev–Trinajstić information content (AvgIpc) is 2.52. The van der Waals surface area contributed by atoms with E-state index in [9.17, 15) is 4.79 Å². The topological polar surface area (TPSA) is 50.4 Å². The van der Waals surface area contributed by atoms with Crippen molar-refractivity contribution in [3.05, 3.63) is 58.1 Å². The molecule has 0 fully saturated rings. The fourth-order valence-corrected chi connectivity index (χ4v) is 2.67. The van der Waals surface area contributed by atoms with Gasteiger partial charge in [-0.2, -0.15) is 0 Å². The second-order valence-electron chi connectivity index (χ2n) is 5.80. The molecule has 2 rings (SSSR count). The van der Waals surface area contributed by atoms with Gasteiger partial charge >= 0.3 is 0 Å². The smallest absolute Gasteiger partial charge is 0.257 e. The molecular weight excluding hydrogens is 379 g/mol. The number of halogens is 2. The monoisotopic (exact) mass is 396 g/mol. The van der Waals surface area contributed by atoms with E-state index < -0.39 is 0 Å². The van der Waals surface area contributed by atoms with E-state index in [-0.39, 0.29) is 11.0 Å². The predicted octanol–water partition coefficient (Wildman–Crippen LogP) is 5.16. The number of amides is 1. The van der Waals surface area contributed by atoms with Gasteiger partial charge in [0.15, 0.2) is 5.11 Å². The van der Waals surface area contributed by atoms with Crippen molar-refractivity contribution in [1.29, 1.82) is 0 Å². The molecule has 0 unspecified atom stereocenters. The zero-order valence-corrected chi connectivity index (χ0v) is 16.1. The van der Waals surface area contributed by atoms with Crippen LogP contribution >= 0.6 is 35.4 Å². The van der Waals surface area contributed by atoms with Crippen LogP contribution in [0.2, 0.25) is 10.0 Å². The molecule has 2 aromatic rings. The number of nitrogens with one attached hydrogen (secondary N) is 2. The second kappa shape index (κ2) is 9.04. The molecule has 0 saturated heterocycles. The lowest BCUT2D eigenvalue weighted by atomic mass is 10.2. The molecule has 0 aromatic heterocycles. The summed E-state index contributed by atoms with van der Waals surface area (Å²) >= 11 is 17.0. The van der Waals surface area contributed by atoms with Crippen LogP contribution in [-0.2, 0) is 0 Å². The fraction of sp³-hybridized carbons (Fsp3) is 0.222. The molecule has 132 valence electrons. The SMILES string of the molecule is CC(C)COc1ccc(C(=O)NC(=S)Nc2cc(Cl)cc(Cl)c2)cc1. The molecule has 25 heavy (non-hydrogen) atoms. The Hall–Kier alpha value is -1.82. The van der Waals surface area contributed by atoms with Gasteiger partial charge in [0.1, 0.15) is 5.75 Å². The van der Waals surface area contributed by atoms with E-state index in [1.54, 1.807) is 42.5 Å². The van der Waals surface area contributed by atoms with Gasteiger partial charge in [0, 0.05) is 21.3 Å². The summed E-state index contributed by atoms with van der Waals surface area (Å²) in [5.41, 5.74) is 1.07. The van der Waals surface area contributed by atoms with E-state index in [1.807, 2.05) is 0 Å². The molecule has 0 bridgehead atoms. The van der Waals surface area contributed by atoms with Crippen LogP contribution in [0.3, 0.4) is 0 Å². The van der Waals surface area contributed by atoms with Crippen molar-refractivity contribution >= 4 is 52.1 Å². The summed E-state index contributed by atoms with van der Waals surface area (Å²) in [5, 5.41) is 6.58. The largest absolute Gasteiger partial charge is 0.493 e. The van der Waals surface area contributed by atoms with Crippen LogP contribution in [0.5, 0.6) is 5.75 Å². The van der Waals surface area contributed by atoms with Gasteiger partial charge in [-0.15, -0.1) is 0 Å². The molecule has 4 nitrogen and oxygen atoms in total. The van der Waals surface area contributed by atoms with Gasteiger partial charge in [-0.05, 0) is 60.6 Å². The van der Waals surface area contributed by atoms with E-state index in [2.05, 4.69) is 24.5 Å². The Labute approximate surface area is 162 Å². The summed E-state index contributed by atoms with van der Waals surface area (Å²) in [5.74, 6) is 0.840. The minimum Gasteiger partial charge on any atom is -0.493 e. The lowest BCUT2D eigenvalue weighted by Crippen LogP contribution is -2.34. The van der Waals surface area contributed by atoms with Crippen LogP contribution in [-0.4, -0.2) is 17.6 Å². The number of carbonyl (C=O) groups excluding carboxylic acids is 1. The van der Waals surface area contributed by atoms with Crippen molar-refractivity contribution in [1.82, 2.24) is 5.32 Å². The Morgan fingerprint density at radius 3 is 2.28 bits per heavy atom. The number of benzene rings is 2. The number of hydrogen-bond acceptors (Lipinski definition) is 3. The van der Waals surface area contributed by atoms with Crippen LogP contribution in [0.25, 0.3) is 0 Å². The molecule has 7 heteroatoms. The minimum atomic E-state index is -0.318. The lowest BCUT2D eigenvalue weighted by molar-refractivity contribution is 0.0977. The first-order chi connectivity index (χ1) is 11.8. The van der Waals surface area contributed by atoms with Crippen LogP contribution in [0, 0.1) is 5.92 Å². The van der Waals surface area contributed by atoms with E-state index in [1.165, 1.54) is 0 Å². The van der Waals surface area contributed by atoms with Crippen molar-refractivity contribution in [2.24, 2.45) is 5.92 Å². The molecule has 0 aliphatic carbocycles. The van der Waals surface area contributed by atoms with Gasteiger partial charge in [-0.1, -0.05) is 37.0 Å². The summed E-state index contributed by atoms with van der Waals surface area (Å²) in [7, 11) is 0. The third-order valence-corrected chi connectivity index (χ3v) is 3.69. The zero-order valence-electron chi connectivity index (χ0n) is 13.8. The number of hydrogen-bond donors (Lipinski definition) is 2. The summed E-state index contributed by atoms with van der Waals surface area (Å²) in [6.07, 6.45) is 0. The molecule has 0 aliphatic rings. The molecule has 2 aromatic carbocycles. The van der Waals surface area contributed by atoms with E-state index in [0.717, 1.165) is 5.75 Å². The molecule has 2 N–H and O–H groups in total. The van der Waals surface area contributed by atoms with Crippen molar-refractivity contribution in [3.63, 3.8) is 0 Å². The summed E-state index contributed by atoms with van der Waals surface area (Å²) < 4.78 is 5.59. The Morgan fingerprint density at radius 1 is 1.12 bits per heavy atom. The van der Waals surface area contributed by atoms with Crippen LogP contribution in [0.1, 0.15) is 24.2 Å². The van der Waals surface area contributed by atoms with E-state index in [0.29, 0.717) is 33.8 Å². The van der Waals surface area contributed by atoms with Gasteiger partial charge < -0.3 is 10.1 Å². The maximum atomic E-state index is 12.2. The van der Waals surface area contributed by atoms with Gasteiger partial charge in [-0.3, -0.25) is 10.1 Å². The number of carbonyl (C=O) groups is 1. The average molecular weight is 397 g/mol. The highest BCUT2D eigenvalue weighted by molar-refractivity contribution is 7.80. The molecule has 0 atom stereocenters. The molecule has 0 saturated carbocycles. The Morgan fingerprint density at radius 2 is 1.72 bits per heavy atom. The lowest BCUT2D eigenvalue weighted by Gasteiger charge is -2.11. The Bertz CT molecular complexity index is 744. The van der Waals surface area contributed by atoms with Crippen LogP contribution in [0.15, 0.2) is 42.5 Å². The standard InChI is InChI=1S/C18H18Cl2N2O2S/c1-11(2)10-24-16-5-3-12(4-6-16)17(23)22-18(25)21-15-8-13(19)7-14(20)9-15/h3-9,11H,10H2,1-2H3,(H2,21,22,23,25). The summed E-state index contributed by atoms with van der Waals surface area (Å²) in [6.45, 7) is 4.77. The first kappa shape index (κ1) is 19.5. The highest BCUT2D eigenvalue weighted by Crippen LogP contribution is 2.22.